The standard InChI is InChI=1S/C17H20O2/c1-3-14-10-6-7-11-15(14)16(17(18)19-2)12-13-8-4-5-9-13/h1,6-7,10-11,13,16H,4-5,8-9,12H2,2H3. The van der Waals surface area contributed by atoms with Crippen LogP contribution in [-0.4, -0.2) is 13.1 Å². The Balaban J connectivity index is 2.26. The molecule has 2 nitrogen and oxygen atoms in total. The van der Waals surface area contributed by atoms with Gasteiger partial charge in [0.15, 0.2) is 0 Å². The number of rotatable bonds is 4. The zero-order chi connectivity index (χ0) is 13.7. The molecule has 1 aliphatic carbocycles. The van der Waals surface area contributed by atoms with Crippen LogP contribution in [0.3, 0.4) is 0 Å². The molecular weight excluding hydrogens is 236 g/mol. The van der Waals surface area contributed by atoms with Gasteiger partial charge in [-0.3, -0.25) is 4.79 Å². The fourth-order valence-electron chi connectivity index (χ4n) is 3.00. The van der Waals surface area contributed by atoms with E-state index < -0.39 is 0 Å². The Morgan fingerprint density at radius 2 is 2.11 bits per heavy atom. The van der Waals surface area contributed by atoms with Crippen molar-refractivity contribution in [3.8, 4) is 12.3 Å². The van der Waals surface area contributed by atoms with Gasteiger partial charge in [0.25, 0.3) is 0 Å². The lowest BCUT2D eigenvalue weighted by molar-refractivity contribution is -0.142. The first-order valence-electron chi connectivity index (χ1n) is 6.89. The highest BCUT2D eigenvalue weighted by atomic mass is 16.5. The van der Waals surface area contributed by atoms with E-state index in [1.54, 1.807) is 0 Å². The van der Waals surface area contributed by atoms with Crippen molar-refractivity contribution in [2.75, 3.05) is 7.11 Å². The lowest BCUT2D eigenvalue weighted by Crippen LogP contribution is -2.18. The van der Waals surface area contributed by atoms with Gasteiger partial charge in [0.2, 0.25) is 0 Å². The molecule has 1 atom stereocenters. The molecule has 0 aliphatic heterocycles. The fourth-order valence-corrected chi connectivity index (χ4v) is 3.00. The van der Waals surface area contributed by atoms with Crippen molar-refractivity contribution in [3.63, 3.8) is 0 Å². The van der Waals surface area contributed by atoms with Crippen LogP contribution in [0, 0.1) is 18.3 Å². The summed E-state index contributed by atoms with van der Waals surface area (Å²) >= 11 is 0. The topological polar surface area (TPSA) is 26.3 Å². The molecule has 1 aliphatic rings. The number of carbonyl (C=O) groups excluding carboxylic acids is 1. The minimum atomic E-state index is -0.222. The average molecular weight is 256 g/mol. The quantitative estimate of drug-likeness (QED) is 0.608. The Kier molecular flexibility index (Phi) is 4.63. The van der Waals surface area contributed by atoms with Gasteiger partial charge in [-0.2, -0.15) is 0 Å². The fraction of sp³-hybridized carbons (Fsp3) is 0.471. The van der Waals surface area contributed by atoms with E-state index in [0.29, 0.717) is 5.92 Å². The molecule has 1 fully saturated rings. The summed E-state index contributed by atoms with van der Waals surface area (Å²) in [7, 11) is 1.45. The molecule has 0 heterocycles. The van der Waals surface area contributed by atoms with Crippen LogP contribution in [0.2, 0.25) is 0 Å². The maximum Gasteiger partial charge on any atom is 0.313 e. The number of carbonyl (C=O) groups is 1. The molecule has 0 spiro atoms. The number of hydrogen-bond donors (Lipinski definition) is 0. The molecule has 100 valence electrons. The zero-order valence-electron chi connectivity index (χ0n) is 11.4. The predicted molar refractivity (Wildman–Crippen MR) is 75.7 cm³/mol. The minimum Gasteiger partial charge on any atom is -0.469 e. The molecule has 19 heavy (non-hydrogen) atoms. The molecule has 1 aromatic rings. The molecule has 0 aromatic heterocycles. The highest BCUT2D eigenvalue weighted by molar-refractivity contribution is 5.79. The second-order valence-corrected chi connectivity index (χ2v) is 5.19. The molecule has 2 rings (SSSR count). The summed E-state index contributed by atoms with van der Waals surface area (Å²) in [5, 5.41) is 0. The Labute approximate surface area is 115 Å². The van der Waals surface area contributed by atoms with Gasteiger partial charge in [-0.15, -0.1) is 6.42 Å². The Morgan fingerprint density at radius 3 is 2.74 bits per heavy atom. The van der Waals surface area contributed by atoms with Crippen LogP contribution < -0.4 is 0 Å². The second kappa shape index (κ2) is 6.43. The van der Waals surface area contributed by atoms with Gasteiger partial charge in [-0.05, 0) is 24.0 Å². The van der Waals surface area contributed by atoms with Gasteiger partial charge in [-0.1, -0.05) is 49.8 Å². The number of esters is 1. The van der Waals surface area contributed by atoms with Crippen molar-refractivity contribution in [2.45, 2.75) is 38.0 Å². The highest BCUT2D eigenvalue weighted by Gasteiger charge is 2.28. The average Bonchev–Trinajstić information content (AvgIpc) is 2.97. The summed E-state index contributed by atoms with van der Waals surface area (Å²) in [6.07, 6.45) is 11.4. The summed E-state index contributed by atoms with van der Waals surface area (Å²) < 4.78 is 4.97. The van der Waals surface area contributed by atoms with E-state index in [4.69, 9.17) is 11.2 Å². The largest absolute Gasteiger partial charge is 0.469 e. The lowest BCUT2D eigenvalue weighted by atomic mass is 9.85. The molecule has 0 bridgehead atoms. The number of ether oxygens (including phenoxy) is 1. The number of terminal acetylenes is 1. The van der Waals surface area contributed by atoms with Gasteiger partial charge in [0.1, 0.15) is 0 Å². The summed E-state index contributed by atoms with van der Waals surface area (Å²) in [4.78, 5) is 12.1. The van der Waals surface area contributed by atoms with Crippen LogP contribution >= 0.6 is 0 Å². The van der Waals surface area contributed by atoms with E-state index in [0.717, 1.165) is 17.5 Å². The monoisotopic (exact) mass is 256 g/mol. The van der Waals surface area contributed by atoms with Crippen molar-refractivity contribution in [1.82, 2.24) is 0 Å². The highest BCUT2D eigenvalue weighted by Crippen LogP contribution is 2.35. The van der Waals surface area contributed by atoms with E-state index in [-0.39, 0.29) is 11.9 Å². The summed E-state index contributed by atoms with van der Waals surface area (Å²) in [6, 6.07) is 7.68. The van der Waals surface area contributed by atoms with E-state index in [1.807, 2.05) is 24.3 Å². The summed E-state index contributed by atoms with van der Waals surface area (Å²) in [5.74, 6) is 2.90. The van der Waals surface area contributed by atoms with E-state index in [1.165, 1.54) is 32.8 Å². The second-order valence-electron chi connectivity index (χ2n) is 5.19. The first kappa shape index (κ1) is 13.7. The SMILES string of the molecule is C#Cc1ccccc1C(CC1CCCC1)C(=O)OC. The molecule has 2 heteroatoms. The van der Waals surface area contributed by atoms with Gasteiger partial charge >= 0.3 is 5.97 Å². The van der Waals surface area contributed by atoms with E-state index in [9.17, 15) is 4.79 Å². The van der Waals surface area contributed by atoms with Crippen molar-refractivity contribution in [2.24, 2.45) is 5.92 Å². The zero-order valence-corrected chi connectivity index (χ0v) is 11.4. The number of methoxy groups -OCH3 is 1. The van der Waals surface area contributed by atoms with Gasteiger partial charge in [-0.25, -0.2) is 0 Å². The molecule has 0 saturated heterocycles. The summed E-state index contributed by atoms with van der Waals surface area (Å²) in [6.45, 7) is 0. The molecule has 0 amide bonds. The van der Waals surface area contributed by atoms with E-state index >= 15 is 0 Å². The van der Waals surface area contributed by atoms with Crippen molar-refractivity contribution in [3.05, 3.63) is 35.4 Å². The number of benzene rings is 1. The normalized spacial score (nSPS) is 16.8. The van der Waals surface area contributed by atoms with Gasteiger partial charge in [0, 0.05) is 5.56 Å². The molecule has 1 unspecified atom stereocenters. The molecular formula is C17H20O2. The van der Waals surface area contributed by atoms with Crippen LogP contribution in [0.5, 0.6) is 0 Å². The Morgan fingerprint density at radius 1 is 1.42 bits per heavy atom. The molecule has 0 radical (unpaired) electrons. The molecule has 1 saturated carbocycles. The maximum atomic E-state index is 12.1. The lowest BCUT2D eigenvalue weighted by Gasteiger charge is -2.20. The van der Waals surface area contributed by atoms with Gasteiger partial charge in [0.05, 0.1) is 13.0 Å². The Hall–Kier alpha value is -1.75. The smallest absolute Gasteiger partial charge is 0.313 e. The number of hydrogen-bond acceptors (Lipinski definition) is 2. The maximum absolute atomic E-state index is 12.1. The summed E-state index contributed by atoms with van der Waals surface area (Å²) in [5.41, 5.74) is 1.74. The third kappa shape index (κ3) is 3.17. The van der Waals surface area contributed by atoms with Crippen molar-refractivity contribution < 1.29 is 9.53 Å². The van der Waals surface area contributed by atoms with Crippen LogP contribution in [0.25, 0.3) is 0 Å². The van der Waals surface area contributed by atoms with Gasteiger partial charge < -0.3 is 4.74 Å². The van der Waals surface area contributed by atoms with Crippen molar-refractivity contribution >= 4 is 5.97 Å². The van der Waals surface area contributed by atoms with Crippen LogP contribution in [0.15, 0.2) is 24.3 Å². The first-order valence-corrected chi connectivity index (χ1v) is 6.89. The predicted octanol–water partition coefficient (Wildman–Crippen LogP) is 3.50. The third-order valence-electron chi connectivity index (χ3n) is 4.02. The third-order valence-corrected chi connectivity index (χ3v) is 4.02. The minimum absolute atomic E-state index is 0.172. The van der Waals surface area contributed by atoms with Crippen LogP contribution in [0.4, 0.5) is 0 Å². The molecule has 0 N–H and O–H groups in total. The van der Waals surface area contributed by atoms with Crippen LogP contribution in [-0.2, 0) is 9.53 Å². The molecule has 1 aromatic carbocycles. The van der Waals surface area contributed by atoms with Crippen molar-refractivity contribution in [1.29, 1.82) is 0 Å². The first-order chi connectivity index (χ1) is 9.26. The van der Waals surface area contributed by atoms with E-state index in [2.05, 4.69) is 5.92 Å². The Bertz CT molecular complexity index is 478. The van der Waals surface area contributed by atoms with Crippen LogP contribution in [0.1, 0.15) is 49.1 Å².